The van der Waals surface area contributed by atoms with E-state index in [4.69, 9.17) is 9.84 Å². The second kappa shape index (κ2) is 10.7. The second-order valence-electron chi connectivity index (χ2n) is 3.85. The highest BCUT2D eigenvalue weighted by atomic mass is 32.2. The zero-order valence-electron chi connectivity index (χ0n) is 11.4. The van der Waals surface area contributed by atoms with Crippen molar-refractivity contribution in [3.63, 3.8) is 0 Å². The molecule has 0 fully saturated rings. The molecular weight excluding hydrogens is 268 g/mol. The van der Waals surface area contributed by atoms with Gasteiger partial charge in [0.2, 0.25) is 0 Å². The van der Waals surface area contributed by atoms with Gasteiger partial charge in [-0.15, -0.1) is 6.58 Å². The van der Waals surface area contributed by atoms with Crippen molar-refractivity contribution >= 4 is 23.8 Å². The number of amides is 2. The lowest BCUT2D eigenvalue weighted by Crippen LogP contribution is -2.49. The Bertz CT molecular complexity index is 299. The number of nitrogens with zero attached hydrogens (tertiary/aromatic N) is 1. The Hall–Kier alpha value is -1.21. The summed E-state index contributed by atoms with van der Waals surface area (Å²) in [6, 6.07) is -1.28. The SMILES string of the molecule is C=CCN(CCOC)C(=O)N[C@H](CCSC)C(=O)O. The maximum atomic E-state index is 12.0. The highest BCUT2D eigenvalue weighted by Gasteiger charge is 2.22. The molecule has 0 saturated carbocycles. The summed E-state index contributed by atoms with van der Waals surface area (Å²) >= 11 is 1.54. The number of thioether (sulfide) groups is 1. The lowest BCUT2D eigenvalue weighted by Gasteiger charge is -2.23. The summed E-state index contributed by atoms with van der Waals surface area (Å²) in [5.41, 5.74) is 0. The van der Waals surface area contributed by atoms with Crippen molar-refractivity contribution in [1.82, 2.24) is 10.2 Å². The number of carbonyl (C=O) groups excluding carboxylic acids is 1. The third-order valence-electron chi connectivity index (χ3n) is 2.41. The predicted octanol–water partition coefficient (Wildman–Crippen LogP) is 1.04. The fourth-order valence-corrected chi connectivity index (χ4v) is 1.84. The van der Waals surface area contributed by atoms with Gasteiger partial charge in [-0.1, -0.05) is 6.08 Å². The molecule has 0 aliphatic heterocycles. The molecule has 2 amide bonds. The van der Waals surface area contributed by atoms with E-state index in [-0.39, 0.29) is 0 Å². The van der Waals surface area contributed by atoms with Gasteiger partial charge < -0.3 is 20.1 Å². The van der Waals surface area contributed by atoms with Crippen LogP contribution in [0.5, 0.6) is 0 Å². The van der Waals surface area contributed by atoms with Crippen molar-refractivity contribution in [2.24, 2.45) is 0 Å². The molecule has 0 unspecified atom stereocenters. The standard InChI is InChI=1S/C12H22N2O4S/c1-4-6-14(7-8-18-2)12(17)13-10(11(15)16)5-9-19-3/h4,10H,1,5-9H2,2-3H3,(H,13,17)(H,15,16)/t10-/m1/s1. The van der Waals surface area contributed by atoms with Crippen molar-refractivity contribution < 1.29 is 19.4 Å². The van der Waals surface area contributed by atoms with Crippen LogP contribution in [0.15, 0.2) is 12.7 Å². The summed E-state index contributed by atoms with van der Waals surface area (Å²) in [5.74, 6) is -0.343. The number of carboxylic acids is 1. The average Bonchev–Trinajstić information content (AvgIpc) is 2.38. The van der Waals surface area contributed by atoms with Crippen molar-refractivity contribution in [3.05, 3.63) is 12.7 Å². The maximum Gasteiger partial charge on any atom is 0.326 e. The smallest absolute Gasteiger partial charge is 0.326 e. The topological polar surface area (TPSA) is 78.9 Å². The minimum atomic E-state index is -1.02. The van der Waals surface area contributed by atoms with Crippen molar-refractivity contribution in [3.8, 4) is 0 Å². The van der Waals surface area contributed by atoms with E-state index in [1.54, 1.807) is 24.9 Å². The summed E-state index contributed by atoms with van der Waals surface area (Å²) in [6.07, 6.45) is 3.88. The number of hydrogen-bond donors (Lipinski definition) is 2. The third-order valence-corrected chi connectivity index (χ3v) is 3.05. The minimum absolute atomic E-state index is 0.351. The molecule has 2 N–H and O–H groups in total. The summed E-state index contributed by atoms with van der Waals surface area (Å²) in [4.78, 5) is 24.5. The summed E-state index contributed by atoms with van der Waals surface area (Å²) in [5, 5.41) is 11.6. The van der Waals surface area contributed by atoms with Crippen molar-refractivity contribution in [1.29, 1.82) is 0 Å². The second-order valence-corrected chi connectivity index (χ2v) is 4.83. The van der Waals surface area contributed by atoms with Crippen LogP contribution in [0.25, 0.3) is 0 Å². The number of methoxy groups -OCH3 is 1. The highest BCUT2D eigenvalue weighted by Crippen LogP contribution is 2.02. The van der Waals surface area contributed by atoms with Crippen LogP contribution in [-0.4, -0.2) is 66.9 Å². The minimum Gasteiger partial charge on any atom is -0.480 e. The molecule has 0 aromatic heterocycles. The summed E-state index contributed by atoms with van der Waals surface area (Å²) in [6.45, 7) is 4.71. The predicted molar refractivity (Wildman–Crippen MR) is 76.6 cm³/mol. The molecule has 1 atom stereocenters. The van der Waals surface area contributed by atoms with Crippen LogP contribution in [-0.2, 0) is 9.53 Å². The average molecular weight is 290 g/mol. The monoisotopic (exact) mass is 290 g/mol. The molecule has 0 bridgehead atoms. The zero-order chi connectivity index (χ0) is 14.7. The van der Waals surface area contributed by atoms with Crippen LogP contribution in [0.2, 0.25) is 0 Å². The first kappa shape index (κ1) is 17.8. The number of urea groups is 1. The molecule has 6 nitrogen and oxygen atoms in total. The van der Waals surface area contributed by atoms with Gasteiger partial charge in [0.15, 0.2) is 0 Å². The van der Waals surface area contributed by atoms with Gasteiger partial charge in [-0.3, -0.25) is 0 Å². The first-order valence-electron chi connectivity index (χ1n) is 5.93. The van der Waals surface area contributed by atoms with Crippen molar-refractivity contribution in [2.75, 3.05) is 38.8 Å². The van der Waals surface area contributed by atoms with Crippen molar-refractivity contribution in [2.45, 2.75) is 12.5 Å². The van der Waals surface area contributed by atoms with Crippen LogP contribution >= 0.6 is 11.8 Å². The first-order chi connectivity index (χ1) is 9.06. The van der Waals surface area contributed by atoms with Gasteiger partial charge in [-0.2, -0.15) is 11.8 Å². The van der Waals surface area contributed by atoms with Gasteiger partial charge in [-0.05, 0) is 18.4 Å². The van der Waals surface area contributed by atoms with E-state index < -0.39 is 18.0 Å². The molecule has 0 aromatic carbocycles. The molecule has 110 valence electrons. The van der Waals surface area contributed by atoms with E-state index in [2.05, 4.69) is 11.9 Å². The number of aliphatic carboxylic acids is 1. The Labute approximate surface area is 118 Å². The van der Waals surface area contributed by atoms with E-state index >= 15 is 0 Å². The molecule has 0 rings (SSSR count). The van der Waals surface area contributed by atoms with Crippen LogP contribution in [0.1, 0.15) is 6.42 Å². The fraction of sp³-hybridized carbons (Fsp3) is 0.667. The molecule has 0 spiro atoms. The quantitative estimate of drug-likeness (QED) is 0.588. The lowest BCUT2D eigenvalue weighted by atomic mass is 10.2. The Morgan fingerprint density at radius 2 is 2.26 bits per heavy atom. The molecule has 0 radical (unpaired) electrons. The van der Waals surface area contributed by atoms with Crippen LogP contribution < -0.4 is 5.32 Å². The molecule has 0 heterocycles. The zero-order valence-corrected chi connectivity index (χ0v) is 12.2. The van der Waals surface area contributed by atoms with Gasteiger partial charge >= 0.3 is 12.0 Å². The number of nitrogens with one attached hydrogen (secondary N) is 1. The van der Waals surface area contributed by atoms with E-state index in [0.717, 1.165) is 0 Å². The van der Waals surface area contributed by atoms with E-state index in [0.29, 0.717) is 31.9 Å². The Kier molecular flexibility index (Phi) is 10.0. The van der Waals surface area contributed by atoms with Gasteiger partial charge in [0, 0.05) is 20.2 Å². The number of hydrogen-bond acceptors (Lipinski definition) is 4. The number of carboxylic acid groups (broad SMARTS) is 1. The number of ether oxygens (including phenoxy) is 1. The first-order valence-corrected chi connectivity index (χ1v) is 7.33. The van der Waals surface area contributed by atoms with Gasteiger partial charge in [0.05, 0.1) is 6.61 Å². The largest absolute Gasteiger partial charge is 0.480 e. The molecular formula is C12H22N2O4S. The van der Waals surface area contributed by atoms with Gasteiger partial charge in [0.25, 0.3) is 0 Å². The Morgan fingerprint density at radius 1 is 1.58 bits per heavy atom. The molecule has 0 aliphatic rings. The Morgan fingerprint density at radius 3 is 2.74 bits per heavy atom. The van der Waals surface area contributed by atoms with E-state index in [1.165, 1.54) is 4.90 Å². The fourth-order valence-electron chi connectivity index (χ4n) is 1.37. The lowest BCUT2D eigenvalue weighted by molar-refractivity contribution is -0.139. The molecule has 7 heteroatoms. The normalized spacial score (nSPS) is 11.7. The highest BCUT2D eigenvalue weighted by molar-refractivity contribution is 7.98. The molecule has 19 heavy (non-hydrogen) atoms. The molecule has 0 aromatic rings. The Balaban J connectivity index is 4.46. The summed E-state index contributed by atoms with van der Waals surface area (Å²) < 4.78 is 4.91. The molecule has 0 saturated heterocycles. The molecule has 0 aliphatic carbocycles. The van der Waals surface area contributed by atoms with E-state index in [9.17, 15) is 9.59 Å². The van der Waals surface area contributed by atoms with E-state index in [1.807, 2.05) is 6.26 Å². The van der Waals surface area contributed by atoms with Crippen LogP contribution in [0.4, 0.5) is 4.79 Å². The number of carbonyl (C=O) groups is 2. The summed E-state index contributed by atoms with van der Waals surface area (Å²) in [7, 11) is 1.54. The third kappa shape index (κ3) is 7.74. The van der Waals surface area contributed by atoms with Crippen LogP contribution in [0.3, 0.4) is 0 Å². The maximum absolute atomic E-state index is 12.0. The van der Waals surface area contributed by atoms with Crippen LogP contribution in [0, 0.1) is 0 Å². The van der Waals surface area contributed by atoms with Gasteiger partial charge in [-0.25, -0.2) is 9.59 Å². The number of rotatable bonds is 10. The van der Waals surface area contributed by atoms with Gasteiger partial charge in [0.1, 0.15) is 6.04 Å².